The molecule has 0 aliphatic rings. The van der Waals surface area contributed by atoms with Gasteiger partial charge in [0.2, 0.25) is 0 Å². The van der Waals surface area contributed by atoms with Gasteiger partial charge >= 0.3 is 11.9 Å². The van der Waals surface area contributed by atoms with Gasteiger partial charge in [0.15, 0.2) is 0 Å². The first-order chi connectivity index (χ1) is 6.59. The van der Waals surface area contributed by atoms with E-state index in [2.05, 4.69) is 0 Å². The molecule has 0 unspecified atom stereocenters. The number of carboxylic acids is 2. The van der Waals surface area contributed by atoms with Gasteiger partial charge in [0.25, 0.3) is 0 Å². The van der Waals surface area contributed by atoms with Crippen LogP contribution in [-0.4, -0.2) is 31.6 Å². The lowest BCUT2D eigenvalue weighted by Crippen LogP contribution is -2.27. The van der Waals surface area contributed by atoms with Crippen LogP contribution in [0.2, 0.25) is 0 Å². The van der Waals surface area contributed by atoms with Gasteiger partial charge in [-0.2, -0.15) is 0 Å². The zero-order valence-corrected chi connectivity index (χ0v) is 11.4. The fourth-order valence-corrected chi connectivity index (χ4v) is 5.69. The molecule has 0 amide bonds. The van der Waals surface area contributed by atoms with Gasteiger partial charge in [-0.15, -0.1) is 0 Å². The molecule has 7 heteroatoms. The Morgan fingerprint density at radius 2 is 1.13 bits per heavy atom. The van der Waals surface area contributed by atoms with Gasteiger partial charge in [-0.05, 0) is 37.5 Å². The molecule has 0 rings (SSSR count). The van der Waals surface area contributed by atoms with Crippen LogP contribution < -0.4 is 0 Å². The maximum Gasteiger partial charge on any atom is 0.320 e. The maximum atomic E-state index is 10.8. The third kappa shape index (κ3) is 5.03. The van der Waals surface area contributed by atoms with Crippen LogP contribution in [0.5, 0.6) is 0 Å². The quantitative estimate of drug-likeness (QED) is 0.719. The Morgan fingerprint density at radius 3 is 1.33 bits per heavy atom. The Morgan fingerprint density at radius 1 is 0.867 bits per heavy atom. The van der Waals surface area contributed by atoms with E-state index in [1.54, 1.807) is 27.7 Å². The first-order valence-electron chi connectivity index (χ1n) is 4.10. The number of carbonyl (C=O) groups is 2. The van der Waals surface area contributed by atoms with E-state index in [0.717, 1.165) is 21.6 Å². The molecular formula is C8H14O4S3. The standard InChI is InChI=1S/C8H14O4S3/c1-7(2,5(9)10)13-15-14-8(3,4)6(11)12/h1-4H3,(H,9,10)(H,11,12). The highest BCUT2D eigenvalue weighted by molar-refractivity contribution is 9.10. The summed E-state index contributed by atoms with van der Waals surface area (Å²) in [6.45, 7) is 6.34. The monoisotopic (exact) mass is 270 g/mol. The predicted molar refractivity (Wildman–Crippen MR) is 66.2 cm³/mol. The summed E-state index contributed by atoms with van der Waals surface area (Å²) in [6, 6.07) is 0. The van der Waals surface area contributed by atoms with Crippen molar-refractivity contribution in [1.82, 2.24) is 0 Å². The second-order valence-electron chi connectivity index (χ2n) is 3.87. The zero-order valence-electron chi connectivity index (χ0n) is 8.94. The largest absolute Gasteiger partial charge is 0.480 e. The molecule has 0 radical (unpaired) electrons. The third-order valence-corrected chi connectivity index (χ3v) is 6.97. The molecule has 15 heavy (non-hydrogen) atoms. The van der Waals surface area contributed by atoms with Crippen LogP contribution in [0.25, 0.3) is 0 Å². The average molecular weight is 270 g/mol. The number of hydrogen-bond donors (Lipinski definition) is 2. The van der Waals surface area contributed by atoms with Crippen LogP contribution in [-0.2, 0) is 9.59 Å². The molecule has 0 aromatic heterocycles. The third-order valence-electron chi connectivity index (χ3n) is 1.51. The number of carboxylic acid groups (broad SMARTS) is 2. The highest BCUT2D eigenvalue weighted by atomic mass is 33.5. The van der Waals surface area contributed by atoms with Crippen molar-refractivity contribution in [3.8, 4) is 0 Å². The fourth-order valence-electron chi connectivity index (χ4n) is 0.258. The smallest absolute Gasteiger partial charge is 0.320 e. The van der Waals surface area contributed by atoms with E-state index < -0.39 is 21.4 Å². The number of aliphatic carboxylic acids is 2. The van der Waals surface area contributed by atoms with Crippen molar-refractivity contribution in [2.75, 3.05) is 0 Å². The molecule has 0 fully saturated rings. The summed E-state index contributed by atoms with van der Waals surface area (Å²) in [6.07, 6.45) is 0. The summed E-state index contributed by atoms with van der Waals surface area (Å²) >= 11 is 0. The number of hydrogen-bond acceptors (Lipinski definition) is 5. The highest BCUT2D eigenvalue weighted by Crippen LogP contribution is 2.48. The van der Waals surface area contributed by atoms with Crippen LogP contribution in [0.1, 0.15) is 27.7 Å². The zero-order chi connectivity index (χ0) is 12.3. The summed E-state index contributed by atoms with van der Waals surface area (Å²) in [5.41, 5.74) is 0. The van der Waals surface area contributed by atoms with Gasteiger partial charge < -0.3 is 10.2 Å². The van der Waals surface area contributed by atoms with Crippen molar-refractivity contribution in [3.63, 3.8) is 0 Å². The van der Waals surface area contributed by atoms with E-state index >= 15 is 0 Å². The molecule has 2 N–H and O–H groups in total. The Labute approximate surface area is 100 Å². The molecule has 0 atom stereocenters. The summed E-state index contributed by atoms with van der Waals surface area (Å²) < 4.78 is -1.82. The Bertz CT molecular complexity index is 237. The van der Waals surface area contributed by atoms with Crippen LogP contribution in [0.4, 0.5) is 0 Å². The van der Waals surface area contributed by atoms with Gasteiger partial charge in [-0.25, -0.2) is 0 Å². The molecule has 0 heterocycles. The molecule has 88 valence electrons. The number of rotatable bonds is 6. The van der Waals surface area contributed by atoms with E-state index in [0.29, 0.717) is 0 Å². The topological polar surface area (TPSA) is 74.6 Å². The molecule has 0 aromatic carbocycles. The maximum absolute atomic E-state index is 10.8. The van der Waals surface area contributed by atoms with Crippen LogP contribution in [0.15, 0.2) is 0 Å². The van der Waals surface area contributed by atoms with E-state index in [1.807, 2.05) is 0 Å². The van der Waals surface area contributed by atoms with Crippen LogP contribution in [0, 0.1) is 0 Å². The Balaban J connectivity index is 4.11. The minimum atomic E-state index is -0.910. The molecule has 4 nitrogen and oxygen atoms in total. The molecular weight excluding hydrogens is 256 g/mol. The fraction of sp³-hybridized carbons (Fsp3) is 0.750. The molecule has 0 aromatic rings. The normalized spacial score (nSPS) is 12.5. The lowest BCUT2D eigenvalue weighted by molar-refractivity contribution is -0.139. The van der Waals surface area contributed by atoms with E-state index in [9.17, 15) is 9.59 Å². The summed E-state index contributed by atoms with van der Waals surface area (Å²) in [4.78, 5) is 21.5. The highest BCUT2D eigenvalue weighted by Gasteiger charge is 2.32. The van der Waals surface area contributed by atoms with Gasteiger partial charge in [0, 0.05) is 0 Å². The Kier molecular flexibility index (Phi) is 5.35. The van der Waals surface area contributed by atoms with Gasteiger partial charge in [0.1, 0.15) is 9.49 Å². The van der Waals surface area contributed by atoms with Crippen molar-refractivity contribution in [1.29, 1.82) is 0 Å². The molecule has 0 spiro atoms. The van der Waals surface area contributed by atoms with Crippen molar-refractivity contribution in [3.05, 3.63) is 0 Å². The van der Waals surface area contributed by atoms with E-state index in [1.165, 1.54) is 9.83 Å². The van der Waals surface area contributed by atoms with E-state index in [-0.39, 0.29) is 0 Å². The second-order valence-corrected chi connectivity index (χ2v) is 9.01. The van der Waals surface area contributed by atoms with Gasteiger partial charge in [-0.3, -0.25) is 9.59 Å². The minimum absolute atomic E-state index is 0.909. The summed E-state index contributed by atoms with van der Waals surface area (Å²) in [7, 11) is 3.49. The minimum Gasteiger partial charge on any atom is -0.480 e. The lowest BCUT2D eigenvalue weighted by Gasteiger charge is -2.21. The van der Waals surface area contributed by atoms with Crippen molar-refractivity contribution < 1.29 is 19.8 Å². The molecule has 0 saturated carbocycles. The molecule has 0 aliphatic carbocycles. The summed E-state index contributed by atoms with van der Waals surface area (Å²) in [5, 5.41) is 17.6. The SMILES string of the molecule is CC(C)(SSSC(C)(C)C(=O)O)C(=O)O. The molecule has 0 aliphatic heterocycles. The predicted octanol–water partition coefficient (Wildman–Crippen LogP) is 2.74. The van der Waals surface area contributed by atoms with Gasteiger partial charge in [-0.1, -0.05) is 21.6 Å². The van der Waals surface area contributed by atoms with Crippen molar-refractivity contribution >= 4 is 43.4 Å². The van der Waals surface area contributed by atoms with Crippen molar-refractivity contribution in [2.24, 2.45) is 0 Å². The first kappa shape index (κ1) is 15.0. The van der Waals surface area contributed by atoms with Crippen LogP contribution >= 0.6 is 31.4 Å². The van der Waals surface area contributed by atoms with E-state index in [4.69, 9.17) is 10.2 Å². The van der Waals surface area contributed by atoms with Crippen LogP contribution in [0.3, 0.4) is 0 Å². The average Bonchev–Trinajstić information content (AvgIpc) is 2.02. The van der Waals surface area contributed by atoms with Crippen molar-refractivity contribution in [2.45, 2.75) is 37.2 Å². The molecule has 0 bridgehead atoms. The second kappa shape index (κ2) is 5.36. The first-order valence-corrected chi connectivity index (χ1v) is 7.58. The molecule has 0 saturated heterocycles. The Hall–Kier alpha value is -0.0100. The summed E-state index contributed by atoms with van der Waals surface area (Å²) in [5.74, 6) is -1.82. The van der Waals surface area contributed by atoms with Gasteiger partial charge in [0.05, 0.1) is 0 Å². The lowest BCUT2D eigenvalue weighted by atomic mass is 10.2.